The minimum atomic E-state index is -2.03. The van der Waals surface area contributed by atoms with E-state index in [-0.39, 0.29) is 6.42 Å². The molecule has 0 spiro atoms. The van der Waals surface area contributed by atoms with Gasteiger partial charge in [0.2, 0.25) is 0 Å². The van der Waals surface area contributed by atoms with Gasteiger partial charge in [0.05, 0.1) is 6.04 Å². The van der Waals surface area contributed by atoms with Crippen LogP contribution in [-0.4, -0.2) is 45.0 Å². The normalized spacial score (nSPS) is 15.2. The summed E-state index contributed by atoms with van der Waals surface area (Å²) in [6, 6.07) is 6.72. The van der Waals surface area contributed by atoms with E-state index in [1.165, 1.54) is 0 Å². The molecule has 6 nitrogen and oxygen atoms in total. The fourth-order valence-electron chi connectivity index (χ4n) is 2.84. The number of carbonyl (C=O) groups excluding carboxylic acids is 1. The zero-order chi connectivity index (χ0) is 17.9. The molecule has 0 bridgehead atoms. The van der Waals surface area contributed by atoms with Crippen molar-refractivity contribution in [3.63, 3.8) is 0 Å². The maximum absolute atomic E-state index is 12.6. The van der Waals surface area contributed by atoms with Gasteiger partial charge in [-0.15, -0.1) is 0 Å². The van der Waals surface area contributed by atoms with Crippen LogP contribution in [0, 0.1) is 0 Å². The number of benzene rings is 1. The number of carboxylic acids is 1. The molecule has 24 heavy (non-hydrogen) atoms. The first kappa shape index (κ1) is 18.5. The molecule has 0 aliphatic carbocycles. The maximum Gasteiger partial charge on any atom is 0.331 e. The third-order valence-electron chi connectivity index (χ3n) is 4.24. The van der Waals surface area contributed by atoms with Crippen LogP contribution in [-0.2, 0) is 23.1 Å². The van der Waals surface area contributed by atoms with Gasteiger partial charge in [0.1, 0.15) is 0 Å². The fraction of sp³-hybridized carbons (Fsp3) is 0.412. The van der Waals surface area contributed by atoms with Crippen molar-refractivity contribution in [2.75, 3.05) is 12.0 Å². The van der Waals surface area contributed by atoms with E-state index in [4.69, 9.17) is 11.5 Å². The van der Waals surface area contributed by atoms with Gasteiger partial charge in [-0.05, 0) is 30.1 Å². The minimum absolute atomic E-state index is 0.0878. The lowest BCUT2D eigenvalue weighted by atomic mass is 9.83. The van der Waals surface area contributed by atoms with E-state index in [1.54, 1.807) is 11.8 Å². The molecule has 0 aliphatic rings. The molecular formula is C17H23N3O3S. The second-order valence-electron chi connectivity index (χ2n) is 5.99. The molecule has 2 rings (SSSR count). The lowest BCUT2D eigenvalue weighted by Gasteiger charge is -2.26. The van der Waals surface area contributed by atoms with Crippen molar-refractivity contribution in [2.24, 2.45) is 18.5 Å². The molecule has 0 fully saturated rings. The second kappa shape index (κ2) is 7.38. The Kier molecular flexibility index (Phi) is 5.69. The number of aromatic nitrogens is 1. The highest BCUT2D eigenvalue weighted by molar-refractivity contribution is 7.98. The number of ketones is 1. The molecule has 1 aromatic heterocycles. The topological polar surface area (TPSA) is 111 Å². The molecule has 130 valence electrons. The maximum atomic E-state index is 12.6. The third kappa shape index (κ3) is 3.48. The Labute approximate surface area is 145 Å². The van der Waals surface area contributed by atoms with Crippen LogP contribution in [0.25, 0.3) is 10.9 Å². The molecule has 0 amide bonds. The van der Waals surface area contributed by atoms with E-state index in [0.29, 0.717) is 12.2 Å². The molecule has 0 saturated carbocycles. The Morgan fingerprint density at radius 2 is 2.04 bits per heavy atom. The highest BCUT2D eigenvalue weighted by atomic mass is 32.2. The van der Waals surface area contributed by atoms with E-state index in [1.807, 2.05) is 48.3 Å². The van der Waals surface area contributed by atoms with Crippen molar-refractivity contribution in [3.05, 3.63) is 36.0 Å². The minimum Gasteiger partial charge on any atom is -0.480 e. The van der Waals surface area contributed by atoms with Crippen LogP contribution in [0.4, 0.5) is 0 Å². The van der Waals surface area contributed by atoms with Crippen LogP contribution in [0.15, 0.2) is 30.5 Å². The second-order valence-corrected chi connectivity index (χ2v) is 6.97. The Bertz CT molecular complexity index is 759. The number of fused-ring (bicyclic) bond motifs is 1. The Morgan fingerprint density at radius 1 is 1.38 bits per heavy atom. The zero-order valence-corrected chi connectivity index (χ0v) is 14.7. The van der Waals surface area contributed by atoms with E-state index in [2.05, 4.69) is 0 Å². The van der Waals surface area contributed by atoms with Gasteiger partial charge in [-0.1, -0.05) is 18.2 Å². The van der Waals surface area contributed by atoms with Crippen molar-refractivity contribution >= 4 is 34.4 Å². The van der Waals surface area contributed by atoms with Crippen LogP contribution < -0.4 is 11.5 Å². The summed E-state index contributed by atoms with van der Waals surface area (Å²) < 4.78 is 1.89. The summed E-state index contributed by atoms with van der Waals surface area (Å²) in [5.41, 5.74) is 11.6. The Hall–Kier alpha value is -1.83. The number of nitrogens with zero attached hydrogens (tertiary/aromatic N) is 1. The SMILES string of the molecule is CSCC[C@H](N)C(=O)[C@@](N)(Cc1cn(C)c2ccccc12)C(=O)O. The smallest absolute Gasteiger partial charge is 0.331 e. The predicted octanol–water partition coefficient (Wildman–Crippen LogP) is 1.15. The molecule has 2 atom stereocenters. The molecule has 1 heterocycles. The Morgan fingerprint density at radius 3 is 2.67 bits per heavy atom. The molecule has 1 aromatic carbocycles. The largest absolute Gasteiger partial charge is 0.480 e. The summed E-state index contributed by atoms with van der Waals surface area (Å²) >= 11 is 1.55. The lowest BCUT2D eigenvalue weighted by Crippen LogP contribution is -2.61. The van der Waals surface area contributed by atoms with Crippen LogP contribution >= 0.6 is 11.8 Å². The van der Waals surface area contributed by atoms with Gasteiger partial charge in [-0.3, -0.25) is 4.79 Å². The predicted molar refractivity (Wildman–Crippen MR) is 97.2 cm³/mol. The van der Waals surface area contributed by atoms with Crippen molar-refractivity contribution in [2.45, 2.75) is 24.4 Å². The number of aryl methyl sites for hydroxylation is 1. The summed E-state index contributed by atoms with van der Waals surface area (Å²) in [4.78, 5) is 24.4. The summed E-state index contributed by atoms with van der Waals surface area (Å²) in [6.07, 6.45) is 4.04. The number of nitrogens with two attached hydrogens (primary N) is 2. The number of carboxylic acid groups (broad SMARTS) is 1. The van der Waals surface area contributed by atoms with Crippen LogP contribution in [0.1, 0.15) is 12.0 Å². The number of hydrogen-bond acceptors (Lipinski definition) is 5. The molecule has 7 heteroatoms. The van der Waals surface area contributed by atoms with Crippen molar-refractivity contribution < 1.29 is 14.7 Å². The molecule has 0 aliphatic heterocycles. The molecule has 2 aromatic rings. The van der Waals surface area contributed by atoms with E-state index >= 15 is 0 Å². The molecule has 0 radical (unpaired) electrons. The van der Waals surface area contributed by atoms with Crippen molar-refractivity contribution in [1.82, 2.24) is 4.57 Å². The zero-order valence-electron chi connectivity index (χ0n) is 13.9. The standard InChI is InChI=1S/C17H23N3O3S/c1-20-10-11(12-5-3-4-6-14(12)20)9-17(19,16(22)23)15(21)13(18)7-8-24-2/h3-6,10,13H,7-9,18-19H2,1-2H3,(H,22,23)/t13-,17-/m0/s1. The average molecular weight is 349 g/mol. The number of hydrogen-bond donors (Lipinski definition) is 3. The number of rotatable bonds is 8. The molecule has 0 saturated heterocycles. The van der Waals surface area contributed by atoms with Crippen LogP contribution in [0.3, 0.4) is 0 Å². The quantitative estimate of drug-likeness (QED) is 0.617. The summed E-state index contributed by atoms with van der Waals surface area (Å²) in [6.45, 7) is 0. The summed E-state index contributed by atoms with van der Waals surface area (Å²) in [7, 11) is 1.87. The van der Waals surface area contributed by atoms with E-state index in [0.717, 1.165) is 16.5 Å². The Balaban J connectivity index is 2.36. The average Bonchev–Trinajstić information content (AvgIpc) is 2.87. The van der Waals surface area contributed by atoms with Gasteiger partial charge < -0.3 is 21.1 Å². The monoisotopic (exact) mass is 349 g/mol. The van der Waals surface area contributed by atoms with Crippen LogP contribution in [0.2, 0.25) is 0 Å². The summed E-state index contributed by atoms with van der Waals surface area (Å²) in [5.74, 6) is -1.30. The van der Waals surface area contributed by atoms with E-state index in [9.17, 15) is 14.7 Å². The molecule has 0 unspecified atom stereocenters. The number of Topliss-reactive ketones (excluding diaryl/α,β-unsaturated/α-hetero) is 1. The number of para-hydroxylation sites is 1. The first-order valence-electron chi connectivity index (χ1n) is 7.65. The van der Waals surface area contributed by atoms with Gasteiger partial charge in [-0.2, -0.15) is 11.8 Å². The van der Waals surface area contributed by atoms with Gasteiger partial charge in [0.15, 0.2) is 11.3 Å². The van der Waals surface area contributed by atoms with Crippen LogP contribution in [0.5, 0.6) is 0 Å². The van der Waals surface area contributed by atoms with Gasteiger partial charge in [0, 0.05) is 30.6 Å². The molecule has 5 N–H and O–H groups in total. The van der Waals surface area contributed by atoms with Gasteiger partial charge >= 0.3 is 5.97 Å². The fourth-order valence-corrected chi connectivity index (χ4v) is 3.33. The van der Waals surface area contributed by atoms with Gasteiger partial charge in [-0.25, -0.2) is 4.79 Å². The lowest BCUT2D eigenvalue weighted by molar-refractivity contribution is -0.148. The number of aliphatic carboxylic acids is 1. The molecular weight excluding hydrogens is 326 g/mol. The number of thioether (sulfide) groups is 1. The van der Waals surface area contributed by atoms with Crippen molar-refractivity contribution in [3.8, 4) is 0 Å². The highest BCUT2D eigenvalue weighted by Crippen LogP contribution is 2.25. The van der Waals surface area contributed by atoms with E-state index < -0.39 is 23.3 Å². The first-order valence-corrected chi connectivity index (χ1v) is 9.04. The third-order valence-corrected chi connectivity index (χ3v) is 4.88. The first-order chi connectivity index (χ1) is 11.3. The number of carbonyl (C=O) groups is 2. The highest BCUT2D eigenvalue weighted by Gasteiger charge is 2.44. The van der Waals surface area contributed by atoms with Gasteiger partial charge in [0.25, 0.3) is 0 Å². The van der Waals surface area contributed by atoms with Crippen molar-refractivity contribution in [1.29, 1.82) is 0 Å². The summed E-state index contributed by atoms with van der Waals surface area (Å²) in [5, 5.41) is 10.5.